The van der Waals surface area contributed by atoms with Crippen molar-refractivity contribution in [3.63, 3.8) is 0 Å². The van der Waals surface area contributed by atoms with Gasteiger partial charge in [0.15, 0.2) is 0 Å². The van der Waals surface area contributed by atoms with Crippen molar-refractivity contribution in [2.75, 3.05) is 22.9 Å². The molecule has 0 aliphatic heterocycles. The smallest absolute Gasteiger partial charge is 0.243 e. The van der Waals surface area contributed by atoms with Crippen LogP contribution in [-0.4, -0.2) is 45.3 Å². The molecule has 0 aliphatic carbocycles. The van der Waals surface area contributed by atoms with Crippen LogP contribution < -0.4 is 9.80 Å². The molecule has 0 unspecified atom stereocenters. The Morgan fingerprint density at radius 1 is 0.576 bits per heavy atom. The molecular weight excluding hydrogens is 416 g/mol. The molecule has 3 aromatic carbocycles. The number of aliphatic hydroxyl groups is 4. The van der Waals surface area contributed by atoms with E-state index in [-0.39, 0.29) is 5.92 Å². The molecule has 0 aromatic heterocycles. The molecule has 0 spiro atoms. The van der Waals surface area contributed by atoms with E-state index in [2.05, 4.69) is 12.1 Å². The summed E-state index contributed by atoms with van der Waals surface area (Å²) in [6.45, 7) is 7.35. The molecule has 0 bridgehead atoms. The summed E-state index contributed by atoms with van der Waals surface area (Å²) in [5.41, 5.74) is 4.70. The lowest BCUT2D eigenvalue weighted by Crippen LogP contribution is -2.46. The number of benzene rings is 3. The lowest BCUT2D eigenvalue weighted by Gasteiger charge is -2.34. The first-order valence-electron chi connectivity index (χ1n) is 11.3. The Balaban J connectivity index is 2.01. The Kier molecular flexibility index (Phi) is 7.44. The van der Waals surface area contributed by atoms with E-state index < -0.39 is 11.8 Å². The van der Waals surface area contributed by atoms with Gasteiger partial charge in [-0.2, -0.15) is 0 Å². The van der Waals surface area contributed by atoms with E-state index in [4.69, 9.17) is 0 Å². The Labute approximate surface area is 196 Å². The minimum absolute atomic E-state index is 0.0382. The van der Waals surface area contributed by atoms with Crippen LogP contribution in [0.4, 0.5) is 11.4 Å². The molecule has 33 heavy (non-hydrogen) atoms. The largest absolute Gasteiger partial charge is 0.349 e. The highest BCUT2D eigenvalue weighted by molar-refractivity contribution is 5.54. The predicted octanol–water partition coefficient (Wildman–Crippen LogP) is 3.84. The van der Waals surface area contributed by atoms with Gasteiger partial charge in [0, 0.05) is 44.2 Å². The van der Waals surface area contributed by atoms with Crippen molar-refractivity contribution in [1.29, 1.82) is 0 Å². The maximum absolute atomic E-state index is 10.1. The standard InChI is InChI=1S/C27H34N2O4/c1-5-28(26(3,30)31)23-16-12-21(13-17-23)25(20-10-8-7-9-11-20)22-14-18-24(19-15-22)29(6-2)27(4,32)33/h7-19,25,30-33H,5-6H2,1-4H3. The molecule has 6 nitrogen and oxygen atoms in total. The van der Waals surface area contributed by atoms with Gasteiger partial charge in [-0.1, -0.05) is 54.6 Å². The van der Waals surface area contributed by atoms with E-state index in [1.54, 1.807) is 0 Å². The van der Waals surface area contributed by atoms with Gasteiger partial charge in [-0.3, -0.25) is 0 Å². The lowest BCUT2D eigenvalue weighted by atomic mass is 9.85. The summed E-state index contributed by atoms with van der Waals surface area (Å²) in [6.07, 6.45) is 0. The fourth-order valence-corrected chi connectivity index (χ4v) is 4.37. The molecule has 0 saturated heterocycles. The number of hydrogen-bond acceptors (Lipinski definition) is 6. The summed E-state index contributed by atoms with van der Waals surface area (Å²) in [4.78, 5) is 3.03. The summed E-state index contributed by atoms with van der Waals surface area (Å²) >= 11 is 0. The van der Waals surface area contributed by atoms with E-state index in [0.29, 0.717) is 13.1 Å². The van der Waals surface area contributed by atoms with Gasteiger partial charge < -0.3 is 30.2 Å². The summed E-state index contributed by atoms with van der Waals surface area (Å²) in [6, 6.07) is 25.8. The number of rotatable bonds is 9. The zero-order valence-corrected chi connectivity index (χ0v) is 19.7. The summed E-state index contributed by atoms with van der Waals surface area (Å²) in [5, 5.41) is 40.2. The maximum atomic E-state index is 10.1. The molecule has 0 amide bonds. The zero-order valence-electron chi connectivity index (χ0n) is 19.7. The van der Waals surface area contributed by atoms with E-state index in [9.17, 15) is 20.4 Å². The van der Waals surface area contributed by atoms with Gasteiger partial charge in [0.25, 0.3) is 0 Å². The van der Waals surface area contributed by atoms with E-state index in [1.165, 1.54) is 23.6 Å². The van der Waals surface area contributed by atoms with Crippen LogP contribution in [0.2, 0.25) is 0 Å². The third-order valence-electron chi connectivity index (χ3n) is 5.86. The quantitative estimate of drug-likeness (QED) is 0.293. The molecule has 0 heterocycles. The monoisotopic (exact) mass is 450 g/mol. The topological polar surface area (TPSA) is 87.4 Å². The fourth-order valence-electron chi connectivity index (χ4n) is 4.37. The average molecular weight is 451 g/mol. The molecule has 0 atom stereocenters. The SMILES string of the molecule is CCN(c1ccc(C(c2ccccc2)c2ccc(N(CC)C(C)(O)O)cc2)cc1)C(C)(O)O. The van der Waals surface area contributed by atoms with Crippen LogP contribution in [0.25, 0.3) is 0 Å². The second-order valence-corrected chi connectivity index (χ2v) is 8.46. The van der Waals surface area contributed by atoms with Gasteiger partial charge in [-0.25, -0.2) is 0 Å². The molecule has 0 saturated carbocycles. The van der Waals surface area contributed by atoms with Crippen LogP contribution in [0.15, 0.2) is 78.9 Å². The third kappa shape index (κ3) is 5.72. The second-order valence-electron chi connectivity index (χ2n) is 8.46. The zero-order chi connectivity index (χ0) is 24.2. The molecule has 0 aliphatic rings. The fraction of sp³-hybridized carbons (Fsp3) is 0.333. The van der Waals surface area contributed by atoms with Crippen molar-refractivity contribution < 1.29 is 20.4 Å². The van der Waals surface area contributed by atoms with Gasteiger partial charge >= 0.3 is 0 Å². The van der Waals surface area contributed by atoms with Gasteiger partial charge in [0.05, 0.1) is 0 Å². The highest BCUT2D eigenvalue weighted by Gasteiger charge is 2.27. The molecule has 6 heteroatoms. The van der Waals surface area contributed by atoms with Crippen LogP contribution >= 0.6 is 0 Å². The minimum Gasteiger partial charge on any atom is -0.349 e. The average Bonchev–Trinajstić information content (AvgIpc) is 2.76. The van der Waals surface area contributed by atoms with Gasteiger partial charge in [-0.15, -0.1) is 0 Å². The van der Waals surface area contributed by atoms with Crippen molar-refractivity contribution in [3.8, 4) is 0 Å². The lowest BCUT2D eigenvalue weighted by molar-refractivity contribution is -0.144. The predicted molar refractivity (Wildman–Crippen MR) is 132 cm³/mol. The van der Waals surface area contributed by atoms with Crippen LogP contribution in [0.3, 0.4) is 0 Å². The molecular formula is C27H34N2O4. The van der Waals surface area contributed by atoms with Crippen LogP contribution in [-0.2, 0) is 0 Å². The van der Waals surface area contributed by atoms with Crippen LogP contribution in [0.5, 0.6) is 0 Å². The second kappa shape index (κ2) is 9.93. The van der Waals surface area contributed by atoms with Crippen molar-refractivity contribution in [2.24, 2.45) is 0 Å². The Morgan fingerprint density at radius 2 is 0.909 bits per heavy atom. The molecule has 3 aromatic rings. The Morgan fingerprint density at radius 3 is 1.21 bits per heavy atom. The molecule has 176 valence electrons. The van der Waals surface area contributed by atoms with Crippen molar-refractivity contribution in [2.45, 2.75) is 45.4 Å². The van der Waals surface area contributed by atoms with Gasteiger partial charge in [0.1, 0.15) is 0 Å². The maximum Gasteiger partial charge on any atom is 0.243 e. The minimum atomic E-state index is -1.94. The van der Waals surface area contributed by atoms with Crippen LogP contribution in [0, 0.1) is 0 Å². The molecule has 0 radical (unpaired) electrons. The summed E-state index contributed by atoms with van der Waals surface area (Å²) < 4.78 is 0. The first-order chi connectivity index (χ1) is 15.6. The Hall–Kier alpha value is -2.90. The number of hydrogen-bond donors (Lipinski definition) is 4. The Bertz CT molecular complexity index is 942. The van der Waals surface area contributed by atoms with E-state index in [0.717, 1.165) is 28.1 Å². The first-order valence-corrected chi connectivity index (χ1v) is 11.3. The van der Waals surface area contributed by atoms with Gasteiger partial charge in [-0.05, 0) is 54.8 Å². The van der Waals surface area contributed by atoms with E-state index in [1.807, 2.05) is 80.6 Å². The first kappa shape index (κ1) is 24.7. The van der Waals surface area contributed by atoms with Gasteiger partial charge in [0.2, 0.25) is 11.8 Å². The van der Waals surface area contributed by atoms with Crippen LogP contribution in [0.1, 0.15) is 50.3 Å². The van der Waals surface area contributed by atoms with Crippen molar-refractivity contribution in [3.05, 3.63) is 95.6 Å². The number of nitrogens with zero attached hydrogens (tertiary/aromatic N) is 2. The highest BCUT2D eigenvalue weighted by atomic mass is 16.5. The van der Waals surface area contributed by atoms with Crippen molar-refractivity contribution in [1.82, 2.24) is 0 Å². The molecule has 0 fully saturated rings. The summed E-state index contributed by atoms with van der Waals surface area (Å²) in [5.74, 6) is -3.92. The molecule has 3 rings (SSSR count). The van der Waals surface area contributed by atoms with Crippen molar-refractivity contribution >= 4 is 11.4 Å². The normalized spacial score (nSPS) is 12.2. The molecule has 4 N–H and O–H groups in total. The number of anilines is 2. The summed E-state index contributed by atoms with van der Waals surface area (Å²) in [7, 11) is 0. The third-order valence-corrected chi connectivity index (χ3v) is 5.86. The highest BCUT2D eigenvalue weighted by Crippen LogP contribution is 2.35. The van der Waals surface area contributed by atoms with E-state index >= 15 is 0 Å².